The maximum atomic E-state index is 12.4. The van der Waals surface area contributed by atoms with Gasteiger partial charge in [0, 0.05) is 17.3 Å². The van der Waals surface area contributed by atoms with Gasteiger partial charge in [0.1, 0.15) is 0 Å². The third-order valence-electron chi connectivity index (χ3n) is 3.68. The average Bonchev–Trinajstić information content (AvgIpc) is 3.07. The summed E-state index contributed by atoms with van der Waals surface area (Å²) >= 11 is 0. The van der Waals surface area contributed by atoms with Crippen molar-refractivity contribution in [3.63, 3.8) is 0 Å². The predicted octanol–water partition coefficient (Wildman–Crippen LogP) is 3.21. The molecule has 3 rings (SSSR count). The van der Waals surface area contributed by atoms with Crippen molar-refractivity contribution in [1.29, 1.82) is 0 Å². The molecule has 2 aromatic carbocycles. The third kappa shape index (κ3) is 4.09. The summed E-state index contributed by atoms with van der Waals surface area (Å²) in [6.07, 6.45) is 1.54. The minimum atomic E-state index is -0.149. The minimum Gasteiger partial charge on any atom is -0.454 e. The van der Waals surface area contributed by atoms with Crippen LogP contribution in [0.25, 0.3) is 0 Å². The van der Waals surface area contributed by atoms with Crippen LogP contribution in [0.1, 0.15) is 19.4 Å². The van der Waals surface area contributed by atoms with Crippen molar-refractivity contribution in [2.24, 2.45) is 5.16 Å². The Balaban J connectivity index is 1.58. The van der Waals surface area contributed by atoms with Gasteiger partial charge in [-0.25, -0.2) is 0 Å². The first kappa shape index (κ1) is 16.8. The lowest BCUT2D eigenvalue weighted by atomic mass is 10.2. The Morgan fingerprint density at radius 2 is 1.96 bits per heavy atom. The van der Waals surface area contributed by atoms with E-state index in [1.54, 1.807) is 11.0 Å². The van der Waals surface area contributed by atoms with Crippen molar-refractivity contribution < 1.29 is 19.1 Å². The Morgan fingerprint density at radius 3 is 2.72 bits per heavy atom. The lowest BCUT2D eigenvalue weighted by Gasteiger charge is -2.26. The maximum Gasteiger partial charge on any atom is 0.267 e. The molecule has 0 bridgehead atoms. The maximum absolute atomic E-state index is 12.4. The van der Waals surface area contributed by atoms with Crippen LogP contribution in [0.4, 0.5) is 5.69 Å². The fraction of sp³-hybridized carbons (Fsp3) is 0.263. The van der Waals surface area contributed by atoms with Gasteiger partial charge in [-0.05, 0) is 44.2 Å². The van der Waals surface area contributed by atoms with Crippen LogP contribution in [-0.2, 0) is 9.63 Å². The molecule has 2 aromatic rings. The van der Waals surface area contributed by atoms with Crippen molar-refractivity contribution in [3.8, 4) is 11.5 Å². The van der Waals surface area contributed by atoms with Crippen molar-refractivity contribution >= 4 is 17.8 Å². The molecule has 1 aliphatic rings. The van der Waals surface area contributed by atoms with E-state index in [-0.39, 0.29) is 25.3 Å². The second-order valence-corrected chi connectivity index (χ2v) is 5.81. The number of rotatable bonds is 6. The summed E-state index contributed by atoms with van der Waals surface area (Å²) in [6, 6.07) is 15.0. The fourth-order valence-corrected chi connectivity index (χ4v) is 2.57. The number of carbonyl (C=O) groups excluding carboxylic acids is 1. The van der Waals surface area contributed by atoms with Gasteiger partial charge in [0.15, 0.2) is 18.1 Å². The monoisotopic (exact) mass is 340 g/mol. The SMILES string of the molecule is CC(C)N(C(=O)CON=Cc1ccc2c(c1)OCO2)c1ccccc1. The molecule has 0 spiro atoms. The molecule has 0 unspecified atom stereocenters. The zero-order valence-electron chi connectivity index (χ0n) is 14.2. The van der Waals surface area contributed by atoms with E-state index in [1.807, 2.05) is 56.3 Å². The number of oxime groups is 1. The van der Waals surface area contributed by atoms with E-state index in [2.05, 4.69) is 5.16 Å². The molecule has 130 valence electrons. The summed E-state index contributed by atoms with van der Waals surface area (Å²) in [5.41, 5.74) is 1.64. The Hall–Kier alpha value is -3.02. The molecule has 1 amide bonds. The molecule has 0 fully saturated rings. The zero-order chi connectivity index (χ0) is 17.6. The smallest absolute Gasteiger partial charge is 0.267 e. The first-order valence-corrected chi connectivity index (χ1v) is 8.07. The Morgan fingerprint density at radius 1 is 1.20 bits per heavy atom. The van der Waals surface area contributed by atoms with E-state index in [9.17, 15) is 4.79 Å². The number of hydrogen-bond acceptors (Lipinski definition) is 5. The lowest BCUT2D eigenvalue weighted by Crippen LogP contribution is -2.39. The van der Waals surface area contributed by atoms with E-state index in [4.69, 9.17) is 14.3 Å². The van der Waals surface area contributed by atoms with Gasteiger partial charge < -0.3 is 19.2 Å². The second-order valence-electron chi connectivity index (χ2n) is 5.81. The third-order valence-corrected chi connectivity index (χ3v) is 3.68. The molecule has 25 heavy (non-hydrogen) atoms. The Kier molecular flexibility index (Phi) is 5.18. The lowest BCUT2D eigenvalue weighted by molar-refractivity contribution is -0.123. The molecule has 0 atom stereocenters. The summed E-state index contributed by atoms with van der Waals surface area (Å²) in [4.78, 5) is 19.3. The molecule has 0 saturated carbocycles. The van der Waals surface area contributed by atoms with Gasteiger partial charge in [-0.1, -0.05) is 23.4 Å². The summed E-state index contributed by atoms with van der Waals surface area (Å²) in [5.74, 6) is 1.24. The molecular weight excluding hydrogens is 320 g/mol. The van der Waals surface area contributed by atoms with Gasteiger partial charge in [0.25, 0.3) is 5.91 Å². The highest BCUT2D eigenvalue weighted by molar-refractivity contribution is 5.94. The molecule has 0 saturated heterocycles. The first-order chi connectivity index (χ1) is 12.1. The van der Waals surface area contributed by atoms with Crippen LogP contribution >= 0.6 is 0 Å². The van der Waals surface area contributed by atoms with Crippen LogP contribution in [0, 0.1) is 0 Å². The van der Waals surface area contributed by atoms with Gasteiger partial charge >= 0.3 is 0 Å². The molecular formula is C19H20N2O4. The first-order valence-electron chi connectivity index (χ1n) is 8.07. The Bertz CT molecular complexity index is 759. The number of ether oxygens (including phenoxy) is 2. The second kappa shape index (κ2) is 7.70. The van der Waals surface area contributed by atoms with Gasteiger partial charge in [-0.2, -0.15) is 0 Å². The number of benzene rings is 2. The van der Waals surface area contributed by atoms with Crippen LogP contribution in [0.5, 0.6) is 11.5 Å². The van der Waals surface area contributed by atoms with Crippen LogP contribution in [0.2, 0.25) is 0 Å². The molecule has 0 radical (unpaired) electrons. The van der Waals surface area contributed by atoms with Crippen molar-refractivity contribution in [2.75, 3.05) is 18.3 Å². The molecule has 6 heteroatoms. The van der Waals surface area contributed by atoms with Gasteiger partial charge in [-0.3, -0.25) is 4.79 Å². The molecule has 0 N–H and O–H groups in total. The summed E-state index contributed by atoms with van der Waals surface area (Å²) in [7, 11) is 0. The quantitative estimate of drug-likeness (QED) is 0.598. The number of nitrogens with zero attached hydrogens (tertiary/aromatic N) is 2. The minimum absolute atomic E-state index is 0.0244. The van der Waals surface area contributed by atoms with Crippen LogP contribution in [-0.4, -0.2) is 31.6 Å². The number of carbonyl (C=O) groups is 1. The van der Waals surface area contributed by atoms with E-state index < -0.39 is 0 Å². The number of hydrogen-bond donors (Lipinski definition) is 0. The van der Waals surface area contributed by atoms with Crippen molar-refractivity contribution in [3.05, 3.63) is 54.1 Å². The van der Waals surface area contributed by atoms with Gasteiger partial charge in [-0.15, -0.1) is 0 Å². The van der Waals surface area contributed by atoms with E-state index in [0.717, 1.165) is 11.3 Å². The average molecular weight is 340 g/mol. The van der Waals surface area contributed by atoms with Crippen LogP contribution in [0.3, 0.4) is 0 Å². The normalized spacial score (nSPS) is 12.6. The summed E-state index contributed by atoms with van der Waals surface area (Å²) in [5, 5.41) is 3.87. The topological polar surface area (TPSA) is 60.4 Å². The Labute approximate surface area is 146 Å². The number of fused-ring (bicyclic) bond motifs is 1. The van der Waals surface area contributed by atoms with Crippen LogP contribution < -0.4 is 14.4 Å². The van der Waals surface area contributed by atoms with Gasteiger partial charge in [0.2, 0.25) is 6.79 Å². The fourth-order valence-electron chi connectivity index (χ4n) is 2.57. The molecule has 6 nitrogen and oxygen atoms in total. The van der Waals surface area contributed by atoms with E-state index in [1.165, 1.54) is 6.21 Å². The van der Waals surface area contributed by atoms with Gasteiger partial charge in [0.05, 0.1) is 6.21 Å². The summed E-state index contributed by atoms with van der Waals surface area (Å²) in [6.45, 7) is 4.02. The highest BCUT2D eigenvalue weighted by Gasteiger charge is 2.19. The number of para-hydroxylation sites is 1. The predicted molar refractivity (Wildman–Crippen MR) is 95.2 cm³/mol. The molecule has 1 heterocycles. The molecule has 0 aliphatic carbocycles. The standard InChI is InChI=1S/C19H20N2O4/c1-14(2)21(16-6-4-3-5-7-16)19(22)12-25-20-11-15-8-9-17-18(10-15)24-13-23-17/h3-11,14H,12-13H2,1-2H3. The number of amides is 1. The zero-order valence-corrected chi connectivity index (χ0v) is 14.2. The largest absolute Gasteiger partial charge is 0.454 e. The van der Waals surface area contributed by atoms with E-state index in [0.29, 0.717) is 11.5 Å². The summed E-state index contributed by atoms with van der Waals surface area (Å²) < 4.78 is 10.6. The van der Waals surface area contributed by atoms with Crippen LogP contribution in [0.15, 0.2) is 53.7 Å². The number of anilines is 1. The van der Waals surface area contributed by atoms with E-state index >= 15 is 0 Å². The van der Waals surface area contributed by atoms with Crippen molar-refractivity contribution in [2.45, 2.75) is 19.9 Å². The highest BCUT2D eigenvalue weighted by Crippen LogP contribution is 2.31. The van der Waals surface area contributed by atoms with Crippen molar-refractivity contribution in [1.82, 2.24) is 0 Å². The highest BCUT2D eigenvalue weighted by atomic mass is 16.7. The molecule has 1 aliphatic heterocycles. The molecule has 0 aromatic heterocycles.